The van der Waals surface area contributed by atoms with Crippen molar-refractivity contribution < 1.29 is 4.39 Å². The van der Waals surface area contributed by atoms with E-state index in [-0.39, 0.29) is 5.82 Å². The van der Waals surface area contributed by atoms with Crippen LogP contribution < -0.4 is 10.6 Å². The summed E-state index contributed by atoms with van der Waals surface area (Å²) in [6.07, 6.45) is 1.17. The summed E-state index contributed by atoms with van der Waals surface area (Å²) in [7, 11) is 0. The molecule has 0 bridgehead atoms. The number of hydrogen-bond acceptors (Lipinski definition) is 4. The normalized spacial score (nSPS) is 10.6. The molecule has 0 fully saturated rings. The summed E-state index contributed by atoms with van der Waals surface area (Å²) in [6, 6.07) is 35.7. The second-order valence-corrected chi connectivity index (χ2v) is 7.46. The summed E-state index contributed by atoms with van der Waals surface area (Å²) < 4.78 is 14.7. The van der Waals surface area contributed by atoms with E-state index >= 15 is 0 Å². The topological polar surface area (TPSA) is 49.8 Å². The molecule has 0 radical (unpaired) electrons. The fourth-order valence-electron chi connectivity index (χ4n) is 3.69. The van der Waals surface area contributed by atoms with Crippen molar-refractivity contribution in [2.75, 3.05) is 10.6 Å². The monoisotopic (exact) mass is 432 g/mol. The number of rotatable bonds is 6. The maximum atomic E-state index is 14.7. The Morgan fingerprint density at radius 2 is 1.03 bits per heavy atom. The molecule has 0 aliphatic heterocycles. The van der Waals surface area contributed by atoms with E-state index < -0.39 is 5.82 Å². The van der Waals surface area contributed by atoms with Crippen LogP contribution in [0.3, 0.4) is 0 Å². The van der Waals surface area contributed by atoms with Crippen molar-refractivity contribution in [1.29, 1.82) is 0 Å². The quantitative estimate of drug-likeness (QED) is 0.293. The number of para-hydroxylation sites is 2. The van der Waals surface area contributed by atoms with Gasteiger partial charge in [0.1, 0.15) is 0 Å². The third-order valence-corrected chi connectivity index (χ3v) is 5.27. The zero-order valence-corrected chi connectivity index (χ0v) is 17.7. The van der Waals surface area contributed by atoms with Crippen LogP contribution in [0.2, 0.25) is 0 Å². The van der Waals surface area contributed by atoms with Gasteiger partial charge in [0.2, 0.25) is 5.95 Å². The molecule has 2 N–H and O–H groups in total. The molecule has 0 aliphatic rings. The van der Waals surface area contributed by atoms with E-state index in [1.54, 1.807) is 0 Å². The fraction of sp³-hybridized carbons (Fsp3) is 0. The van der Waals surface area contributed by atoms with Crippen molar-refractivity contribution in [3.63, 3.8) is 0 Å². The van der Waals surface area contributed by atoms with Crippen molar-refractivity contribution in [2.24, 2.45) is 0 Å². The van der Waals surface area contributed by atoms with E-state index in [2.05, 4.69) is 20.6 Å². The van der Waals surface area contributed by atoms with Crippen molar-refractivity contribution >= 4 is 23.1 Å². The van der Waals surface area contributed by atoms with Crippen LogP contribution in [0.5, 0.6) is 0 Å². The number of hydrogen-bond donors (Lipinski definition) is 2. The maximum Gasteiger partial charge on any atom is 0.229 e. The molecule has 1 aromatic heterocycles. The van der Waals surface area contributed by atoms with Crippen LogP contribution in [0.15, 0.2) is 115 Å². The number of aromatic nitrogens is 2. The molecule has 0 atom stereocenters. The van der Waals surface area contributed by atoms with E-state index in [1.165, 1.54) is 6.20 Å². The molecular weight excluding hydrogens is 411 g/mol. The Hall–Kier alpha value is -4.51. The van der Waals surface area contributed by atoms with Crippen LogP contribution in [0, 0.1) is 5.82 Å². The Balaban J connectivity index is 1.46. The van der Waals surface area contributed by atoms with Gasteiger partial charge in [-0.25, -0.2) is 9.37 Å². The average molecular weight is 433 g/mol. The van der Waals surface area contributed by atoms with Gasteiger partial charge in [-0.2, -0.15) is 4.98 Å². The minimum absolute atomic E-state index is 0.105. The van der Waals surface area contributed by atoms with Crippen LogP contribution in [0.1, 0.15) is 0 Å². The number of benzene rings is 4. The highest BCUT2D eigenvalue weighted by atomic mass is 19.1. The summed E-state index contributed by atoms with van der Waals surface area (Å²) in [6.45, 7) is 0. The Morgan fingerprint density at radius 1 is 0.545 bits per heavy atom. The first kappa shape index (κ1) is 20.4. The molecule has 4 aromatic carbocycles. The lowest BCUT2D eigenvalue weighted by atomic mass is 10.0. The molecule has 0 unspecified atom stereocenters. The minimum atomic E-state index is -0.528. The maximum absolute atomic E-state index is 14.7. The van der Waals surface area contributed by atoms with Crippen LogP contribution in [0.25, 0.3) is 22.3 Å². The van der Waals surface area contributed by atoms with Gasteiger partial charge in [0.15, 0.2) is 11.6 Å². The first-order chi connectivity index (χ1) is 16.3. The standard InChI is InChI=1S/C28H21FN4/c29-24-19-30-28(32-26-18-10-8-16-23(26)21-13-5-2-6-14-21)33-27(24)31-25-17-9-7-15-22(25)20-11-3-1-4-12-20/h1-19H,(H2,30,31,32,33). The summed E-state index contributed by atoms with van der Waals surface area (Å²) >= 11 is 0. The summed E-state index contributed by atoms with van der Waals surface area (Å²) in [5, 5.41) is 6.39. The lowest BCUT2D eigenvalue weighted by Gasteiger charge is -2.14. The lowest BCUT2D eigenvalue weighted by molar-refractivity contribution is 0.619. The summed E-state index contributed by atoms with van der Waals surface area (Å²) in [5.74, 6) is -0.118. The molecule has 160 valence electrons. The number of halogens is 1. The number of anilines is 4. The van der Waals surface area contributed by atoms with Crippen LogP contribution in [-0.4, -0.2) is 9.97 Å². The van der Waals surface area contributed by atoms with Crippen LogP contribution in [0.4, 0.5) is 27.5 Å². The number of nitrogens with one attached hydrogen (secondary N) is 2. The Labute approximate surface area is 191 Å². The predicted octanol–water partition coefficient (Wildman–Crippen LogP) is 7.44. The molecule has 0 saturated carbocycles. The molecule has 33 heavy (non-hydrogen) atoms. The third-order valence-electron chi connectivity index (χ3n) is 5.27. The van der Waals surface area contributed by atoms with Gasteiger partial charge in [0.05, 0.1) is 6.20 Å². The zero-order chi connectivity index (χ0) is 22.5. The highest BCUT2D eigenvalue weighted by Crippen LogP contribution is 2.32. The van der Waals surface area contributed by atoms with E-state index in [1.807, 2.05) is 109 Å². The smallest absolute Gasteiger partial charge is 0.229 e. The van der Waals surface area contributed by atoms with Gasteiger partial charge < -0.3 is 10.6 Å². The van der Waals surface area contributed by atoms with Gasteiger partial charge in [-0.05, 0) is 23.3 Å². The van der Waals surface area contributed by atoms with Crippen molar-refractivity contribution in [2.45, 2.75) is 0 Å². The average Bonchev–Trinajstić information content (AvgIpc) is 2.88. The molecule has 5 aromatic rings. The van der Waals surface area contributed by atoms with Gasteiger partial charge in [-0.15, -0.1) is 0 Å². The van der Waals surface area contributed by atoms with Crippen molar-refractivity contribution in [3.05, 3.63) is 121 Å². The molecule has 0 spiro atoms. The summed E-state index contributed by atoms with van der Waals surface area (Å²) in [4.78, 5) is 8.58. The van der Waals surface area contributed by atoms with E-state index in [0.717, 1.165) is 33.6 Å². The molecule has 5 heteroatoms. The van der Waals surface area contributed by atoms with E-state index in [9.17, 15) is 4.39 Å². The minimum Gasteiger partial charge on any atom is -0.337 e. The second-order valence-electron chi connectivity index (χ2n) is 7.46. The fourth-order valence-corrected chi connectivity index (χ4v) is 3.69. The largest absolute Gasteiger partial charge is 0.337 e. The SMILES string of the molecule is Fc1cnc(Nc2ccccc2-c2ccccc2)nc1Nc1ccccc1-c1ccccc1. The first-order valence-electron chi connectivity index (χ1n) is 10.6. The third kappa shape index (κ3) is 4.57. The van der Waals surface area contributed by atoms with Gasteiger partial charge in [-0.1, -0.05) is 97.1 Å². The van der Waals surface area contributed by atoms with Crippen molar-refractivity contribution in [1.82, 2.24) is 9.97 Å². The highest BCUT2D eigenvalue weighted by molar-refractivity contribution is 5.82. The second kappa shape index (κ2) is 9.32. The van der Waals surface area contributed by atoms with Gasteiger partial charge in [0, 0.05) is 22.5 Å². The molecule has 0 saturated heterocycles. The first-order valence-corrected chi connectivity index (χ1v) is 10.6. The van der Waals surface area contributed by atoms with Crippen molar-refractivity contribution in [3.8, 4) is 22.3 Å². The molecule has 1 heterocycles. The Morgan fingerprint density at radius 3 is 1.61 bits per heavy atom. The van der Waals surface area contributed by atoms with Gasteiger partial charge in [-0.3, -0.25) is 0 Å². The molecule has 5 rings (SSSR count). The summed E-state index contributed by atoms with van der Waals surface area (Å²) in [5.41, 5.74) is 5.67. The van der Waals surface area contributed by atoms with E-state index in [0.29, 0.717) is 5.95 Å². The molecule has 0 amide bonds. The Bertz CT molecular complexity index is 1370. The predicted molar refractivity (Wildman–Crippen MR) is 132 cm³/mol. The Kier molecular flexibility index (Phi) is 5.76. The zero-order valence-electron chi connectivity index (χ0n) is 17.7. The van der Waals surface area contributed by atoms with Crippen LogP contribution >= 0.6 is 0 Å². The molecular formula is C28H21FN4. The van der Waals surface area contributed by atoms with E-state index in [4.69, 9.17) is 0 Å². The number of nitrogens with zero attached hydrogens (tertiary/aromatic N) is 2. The van der Waals surface area contributed by atoms with Gasteiger partial charge in [0.25, 0.3) is 0 Å². The van der Waals surface area contributed by atoms with Crippen LogP contribution in [-0.2, 0) is 0 Å². The lowest BCUT2D eigenvalue weighted by Crippen LogP contribution is -2.04. The molecule has 4 nitrogen and oxygen atoms in total. The van der Waals surface area contributed by atoms with Gasteiger partial charge >= 0.3 is 0 Å². The molecule has 0 aliphatic carbocycles. The highest BCUT2D eigenvalue weighted by Gasteiger charge is 2.12.